The van der Waals surface area contributed by atoms with Gasteiger partial charge in [0.1, 0.15) is 10.6 Å². The van der Waals surface area contributed by atoms with Gasteiger partial charge in [0, 0.05) is 36.5 Å². The number of nitrogens with one attached hydrogen (secondary N) is 2. The van der Waals surface area contributed by atoms with E-state index in [2.05, 4.69) is 34.9 Å². The molecule has 2 rings (SSSR count). The van der Waals surface area contributed by atoms with Crippen LogP contribution in [0.1, 0.15) is 53.3 Å². The fourth-order valence-corrected chi connectivity index (χ4v) is 3.56. The van der Waals surface area contributed by atoms with E-state index in [9.17, 15) is 4.55 Å². The molecule has 0 bridgehead atoms. The summed E-state index contributed by atoms with van der Waals surface area (Å²) in [4.78, 5) is 7.12. The van der Waals surface area contributed by atoms with Gasteiger partial charge in [0.15, 0.2) is 0 Å². The first-order valence-electron chi connectivity index (χ1n) is 8.33. The van der Waals surface area contributed by atoms with Gasteiger partial charge in [-0.3, -0.25) is 0 Å². The Hall–Kier alpha value is -0.820. The fourth-order valence-electron chi connectivity index (χ4n) is 2.77. The molecule has 1 aliphatic rings. The van der Waals surface area contributed by atoms with Crippen molar-refractivity contribution in [1.82, 2.24) is 15.0 Å². The minimum Gasteiger partial charge on any atom is -0.598 e. The number of rotatable bonds is 4. The van der Waals surface area contributed by atoms with Crippen LogP contribution in [0.25, 0.3) is 0 Å². The number of anilines is 1. The van der Waals surface area contributed by atoms with Crippen LogP contribution in [-0.4, -0.2) is 39.5 Å². The molecule has 130 valence electrons. The van der Waals surface area contributed by atoms with Crippen molar-refractivity contribution < 1.29 is 4.55 Å². The van der Waals surface area contributed by atoms with E-state index in [-0.39, 0.29) is 10.8 Å². The molecule has 5 nitrogen and oxygen atoms in total. The highest BCUT2D eigenvalue weighted by Gasteiger charge is 2.29. The summed E-state index contributed by atoms with van der Waals surface area (Å²) in [5, 5.41) is 3.54. The summed E-state index contributed by atoms with van der Waals surface area (Å²) in [7, 11) is 0. The summed E-state index contributed by atoms with van der Waals surface area (Å²) in [5.74, 6) is 0.998. The van der Waals surface area contributed by atoms with E-state index in [0.717, 1.165) is 24.6 Å². The summed E-state index contributed by atoms with van der Waals surface area (Å²) in [6.45, 7) is 14.2. The Bertz CT molecular complexity index is 510. The van der Waals surface area contributed by atoms with Crippen LogP contribution in [0.5, 0.6) is 0 Å². The third-order valence-electron chi connectivity index (χ3n) is 3.92. The van der Waals surface area contributed by atoms with Gasteiger partial charge in [0.05, 0.1) is 11.7 Å². The van der Waals surface area contributed by atoms with Gasteiger partial charge in [0.2, 0.25) is 0 Å². The molecular weight excluding hydrogens is 308 g/mol. The van der Waals surface area contributed by atoms with Gasteiger partial charge in [-0.15, -0.1) is 4.72 Å². The van der Waals surface area contributed by atoms with Crippen LogP contribution in [0.15, 0.2) is 18.2 Å². The quantitative estimate of drug-likeness (QED) is 0.825. The molecule has 1 saturated heterocycles. The van der Waals surface area contributed by atoms with E-state index in [1.54, 1.807) is 0 Å². The van der Waals surface area contributed by atoms with E-state index in [1.807, 2.05) is 39.8 Å². The Morgan fingerprint density at radius 1 is 1.30 bits per heavy atom. The van der Waals surface area contributed by atoms with E-state index < -0.39 is 11.4 Å². The van der Waals surface area contributed by atoms with Crippen molar-refractivity contribution >= 4 is 17.2 Å². The zero-order chi connectivity index (χ0) is 17.2. The lowest BCUT2D eigenvalue weighted by atomic mass is 10.1. The molecule has 2 heterocycles. The predicted octanol–water partition coefficient (Wildman–Crippen LogP) is 2.38. The summed E-state index contributed by atoms with van der Waals surface area (Å²) >= 11 is -1.10. The number of pyridine rings is 1. The minimum absolute atomic E-state index is 0.0484. The molecule has 1 unspecified atom stereocenters. The van der Waals surface area contributed by atoms with Gasteiger partial charge in [-0.1, -0.05) is 6.07 Å². The summed E-state index contributed by atoms with van der Waals surface area (Å²) in [6, 6.07) is 6.94. The molecule has 0 aromatic carbocycles. The topological polar surface area (TPSA) is 63.2 Å². The minimum atomic E-state index is -1.10. The molecule has 4 atom stereocenters. The van der Waals surface area contributed by atoms with Crippen LogP contribution in [0.4, 0.5) is 5.82 Å². The van der Waals surface area contributed by atoms with Gasteiger partial charge < -0.3 is 14.8 Å². The first-order chi connectivity index (χ1) is 10.7. The van der Waals surface area contributed by atoms with Gasteiger partial charge in [-0.25, -0.2) is 4.98 Å². The maximum absolute atomic E-state index is 12.3. The lowest BCUT2D eigenvalue weighted by molar-refractivity contribution is 0.405. The van der Waals surface area contributed by atoms with E-state index >= 15 is 0 Å². The lowest BCUT2D eigenvalue weighted by Gasteiger charge is -2.37. The normalized spacial score (nSPS) is 25.3. The van der Waals surface area contributed by atoms with Crippen LogP contribution >= 0.6 is 0 Å². The number of hydrogen-bond acceptors (Lipinski definition) is 5. The monoisotopic (exact) mass is 338 g/mol. The second-order valence-electron chi connectivity index (χ2n) is 7.52. The first kappa shape index (κ1) is 18.5. The highest BCUT2D eigenvalue weighted by Crippen LogP contribution is 2.21. The highest BCUT2D eigenvalue weighted by molar-refractivity contribution is 7.90. The van der Waals surface area contributed by atoms with Crippen LogP contribution in [0.2, 0.25) is 0 Å². The summed E-state index contributed by atoms with van der Waals surface area (Å²) in [5.41, 5.74) is 0.930. The Labute approximate surface area is 143 Å². The Kier molecular flexibility index (Phi) is 5.94. The van der Waals surface area contributed by atoms with E-state index in [4.69, 9.17) is 4.98 Å². The van der Waals surface area contributed by atoms with Gasteiger partial charge in [-0.2, -0.15) is 0 Å². The van der Waals surface area contributed by atoms with Crippen molar-refractivity contribution in [3.63, 3.8) is 0 Å². The largest absolute Gasteiger partial charge is 0.598 e. The molecule has 23 heavy (non-hydrogen) atoms. The van der Waals surface area contributed by atoms with Crippen molar-refractivity contribution in [2.45, 2.75) is 64.4 Å². The predicted molar refractivity (Wildman–Crippen MR) is 98.0 cm³/mol. The number of piperazine rings is 1. The van der Waals surface area contributed by atoms with Crippen LogP contribution in [0.3, 0.4) is 0 Å². The third kappa shape index (κ3) is 5.08. The number of aromatic nitrogens is 1. The average Bonchev–Trinajstić information content (AvgIpc) is 2.45. The Morgan fingerprint density at radius 2 is 1.91 bits per heavy atom. The smallest absolute Gasteiger partial charge is 0.136 e. The Morgan fingerprint density at radius 3 is 2.48 bits per heavy atom. The summed E-state index contributed by atoms with van der Waals surface area (Å²) in [6.07, 6.45) is 0. The number of nitrogens with zero attached hydrogens (tertiary/aromatic N) is 2. The van der Waals surface area contributed by atoms with Crippen LogP contribution in [0, 0.1) is 0 Å². The highest BCUT2D eigenvalue weighted by atomic mass is 32.2. The molecule has 0 amide bonds. The fraction of sp³-hybridized carbons (Fsp3) is 0.706. The molecule has 0 radical (unpaired) electrons. The van der Waals surface area contributed by atoms with Crippen molar-refractivity contribution in [3.8, 4) is 0 Å². The van der Waals surface area contributed by atoms with Crippen LogP contribution in [-0.2, 0) is 11.4 Å². The number of hydrogen-bond donors (Lipinski definition) is 2. The van der Waals surface area contributed by atoms with E-state index in [1.165, 1.54) is 0 Å². The van der Waals surface area contributed by atoms with Crippen molar-refractivity contribution in [3.05, 3.63) is 23.9 Å². The van der Waals surface area contributed by atoms with Crippen LogP contribution < -0.4 is 14.9 Å². The molecule has 6 heteroatoms. The molecule has 0 spiro atoms. The van der Waals surface area contributed by atoms with E-state index in [0.29, 0.717) is 12.1 Å². The third-order valence-corrected chi connectivity index (χ3v) is 5.60. The van der Waals surface area contributed by atoms with Gasteiger partial charge in [-0.05, 0) is 53.7 Å². The zero-order valence-corrected chi connectivity index (χ0v) is 15.9. The molecule has 1 aromatic rings. The molecule has 1 fully saturated rings. The maximum Gasteiger partial charge on any atom is 0.136 e. The molecule has 0 saturated carbocycles. The lowest BCUT2D eigenvalue weighted by Crippen LogP contribution is -2.54. The Balaban J connectivity index is 2.10. The molecule has 0 aliphatic carbocycles. The molecule has 1 aromatic heterocycles. The van der Waals surface area contributed by atoms with Crippen molar-refractivity contribution in [2.24, 2.45) is 0 Å². The molecule has 1 aliphatic heterocycles. The van der Waals surface area contributed by atoms with Crippen molar-refractivity contribution in [1.29, 1.82) is 0 Å². The van der Waals surface area contributed by atoms with Gasteiger partial charge in [0.25, 0.3) is 0 Å². The maximum atomic E-state index is 12.3. The summed E-state index contributed by atoms with van der Waals surface area (Å²) < 4.78 is 15.2. The molecular formula is C17H30N4OS. The second-order valence-corrected chi connectivity index (χ2v) is 9.51. The SMILES string of the molecule is CC(N[S@+]([O-])C(C)(C)C)c1cccc(N2C[C@@H](C)N[C@@H](C)C2)n1. The first-order valence-corrected chi connectivity index (χ1v) is 9.48. The second kappa shape index (κ2) is 7.38. The zero-order valence-electron chi connectivity index (χ0n) is 15.1. The average molecular weight is 339 g/mol. The molecule has 2 N–H and O–H groups in total. The standard InChI is InChI=1S/C17H30N4OS/c1-12-10-21(11-13(2)18-12)16-9-7-8-15(19-16)14(3)20-23(22)17(4,5)6/h7-9,12-14,18,20H,10-11H2,1-6H3/t12-,13+,14?,23-/m1/s1. The van der Waals surface area contributed by atoms with Gasteiger partial charge >= 0.3 is 0 Å². The van der Waals surface area contributed by atoms with Crippen molar-refractivity contribution in [2.75, 3.05) is 18.0 Å².